The fourth-order valence-corrected chi connectivity index (χ4v) is 3.26. The summed E-state index contributed by atoms with van der Waals surface area (Å²) in [5.74, 6) is -0.109. The maximum Gasteiger partial charge on any atom is 0.279 e. The molecule has 3 nitrogen and oxygen atoms in total. The van der Waals surface area contributed by atoms with Crippen molar-refractivity contribution in [2.45, 2.75) is 18.4 Å². The highest BCUT2D eigenvalue weighted by atomic mass is 35.5. The Morgan fingerprint density at radius 1 is 1.17 bits per heavy atom. The number of hydrogen-bond acceptors (Lipinski definition) is 2. The number of aryl methyl sites for hydroxylation is 1. The van der Waals surface area contributed by atoms with Crippen LogP contribution in [0.5, 0.6) is 0 Å². The van der Waals surface area contributed by atoms with Crippen LogP contribution >= 0.6 is 35.0 Å². The molecule has 0 saturated carbocycles. The van der Waals surface area contributed by atoms with E-state index in [-0.39, 0.29) is 5.91 Å². The predicted molar refractivity (Wildman–Crippen MR) is 104 cm³/mol. The van der Waals surface area contributed by atoms with Crippen LogP contribution in [0.2, 0.25) is 10.0 Å². The highest BCUT2D eigenvalue weighted by molar-refractivity contribution is 7.98. The molecular weight excluding hydrogens is 363 g/mol. The number of carbonyl (C=O) groups is 1. The molecule has 1 amide bonds. The topological polar surface area (TPSA) is 33.5 Å². The summed E-state index contributed by atoms with van der Waals surface area (Å²) < 4.78 is 0. The van der Waals surface area contributed by atoms with Gasteiger partial charge in [0.25, 0.3) is 5.91 Å². The fourth-order valence-electron chi connectivity index (χ4n) is 2.38. The van der Waals surface area contributed by atoms with Gasteiger partial charge >= 0.3 is 0 Å². The number of anilines is 1. The normalized spacial score (nSPS) is 12.0. The number of thioether (sulfide) groups is 1. The Morgan fingerprint density at radius 3 is 2.46 bits per heavy atom. The van der Waals surface area contributed by atoms with Gasteiger partial charge in [0.2, 0.25) is 0 Å². The summed E-state index contributed by atoms with van der Waals surface area (Å²) in [4.78, 5) is 14.6. The number of benzene rings is 2. The van der Waals surface area contributed by atoms with Gasteiger partial charge in [0.15, 0.2) is 6.54 Å². The number of likely N-dealkylation sites (N-methyl/N-ethyl adjacent to an activating group) is 1. The minimum Gasteiger partial charge on any atom is -0.326 e. The van der Waals surface area contributed by atoms with E-state index in [1.54, 1.807) is 17.8 Å². The van der Waals surface area contributed by atoms with E-state index in [0.29, 0.717) is 22.3 Å². The summed E-state index contributed by atoms with van der Waals surface area (Å²) in [6.45, 7) is 2.99. The molecule has 2 aromatic carbocycles. The average Bonchev–Trinajstić information content (AvgIpc) is 2.55. The van der Waals surface area contributed by atoms with Crippen LogP contribution in [0, 0.1) is 6.92 Å². The molecule has 24 heavy (non-hydrogen) atoms. The number of amides is 1. The first kappa shape index (κ1) is 19.1. The second-order valence-electron chi connectivity index (χ2n) is 5.76. The van der Waals surface area contributed by atoms with Crippen molar-refractivity contribution in [2.24, 2.45) is 0 Å². The Balaban J connectivity index is 1.95. The predicted octanol–water partition coefficient (Wildman–Crippen LogP) is 3.68. The number of halogens is 2. The summed E-state index contributed by atoms with van der Waals surface area (Å²) in [5, 5.41) is 3.76. The molecule has 0 radical (unpaired) electrons. The largest absolute Gasteiger partial charge is 0.326 e. The first-order valence-corrected chi connectivity index (χ1v) is 9.57. The number of nitrogens with one attached hydrogen (secondary N) is 2. The van der Waals surface area contributed by atoms with Crippen molar-refractivity contribution < 1.29 is 9.69 Å². The lowest BCUT2D eigenvalue weighted by molar-refractivity contribution is -0.885. The highest BCUT2D eigenvalue weighted by Crippen LogP contribution is 2.32. The third-order valence-electron chi connectivity index (χ3n) is 3.68. The third kappa shape index (κ3) is 5.15. The molecule has 0 heterocycles. The number of quaternary nitrogens is 1. The second kappa shape index (κ2) is 8.77. The third-order valence-corrected chi connectivity index (χ3v) is 5.22. The minimum atomic E-state index is -0.109. The summed E-state index contributed by atoms with van der Waals surface area (Å²) in [5.41, 5.74) is 2.57. The van der Waals surface area contributed by atoms with Crippen molar-refractivity contribution >= 4 is 46.6 Å². The Labute approximate surface area is 157 Å². The van der Waals surface area contributed by atoms with Crippen LogP contribution in [0.3, 0.4) is 0 Å². The molecule has 0 fully saturated rings. The molecule has 2 rings (SSSR count). The Morgan fingerprint density at radius 2 is 1.83 bits per heavy atom. The summed E-state index contributed by atoms with van der Waals surface area (Å²) in [6, 6.07) is 12.0. The van der Waals surface area contributed by atoms with E-state index in [0.717, 1.165) is 17.0 Å². The average molecular weight is 384 g/mol. The molecule has 0 aliphatic carbocycles. The van der Waals surface area contributed by atoms with Crippen LogP contribution in [0.4, 0.5) is 5.69 Å². The van der Waals surface area contributed by atoms with Gasteiger partial charge in [-0.05, 0) is 36.9 Å². The highest BCUT2D eigenvalue weighted by Gasteiger charge is 2.15. The number of hydrogen-bond donors (Lipinski definition) is 2. The zero-order valence-corrected chi connectivity index (χ0v) is 16.3. The van der Waals surface area contributed by atoms with Gasteiger partial charge < -0.3 is 10.2 Å². The van der Waals surface area contributed by atoms with Crippen molar-refractivity contribution in [3.05, 3.63) is 57.6 Å². The van der Waals surface area contributed by atoms with E-state index in [2.05, 4.69) is 35.8 Å². The lowest BCUT2D eigenvalue weighted by Crippen LogP contribution is -3.08. The van der Waals surface area contributed by atoms with Crippen LogP contribution < -0.4 is 10.2 Å². The first-order chi connectivity index (χ1) is 11.4. The molecule has 0 saturated heterocycles. The monoisotopic (exact) mass is 383 g/mol. The van der Waals surface area contributed by atoms with Crippen molar-refractivity contribution in [3.8, 4) is 0 Å². The molecule has 1 atom stereocenters. The molecule has 0 aliphatic rings. The summed E-state index contributed by atoms with van der Waals surface area (Å²) in [6.07, 6.45) is 2.05. The van der Waals surface area contributed by atoms with Crippen LogP contribution in [0.25, 0.3) is 0 Å². The maximum atomic E-state index is 12.3. The first-order valence-electron chi connectivity index (χ1n) is 7.59. The molecular formula is C18H21Cl2N2OS+. The Hall–Kier alpha value is -1.20. The zero-order chi connectivity index (χ0) is 17.7. The van der Waals surface area contributed by atoms with Gasteiger partial charge in [-0.1, -0.05) is 41.4 Å². The van der Waals surface area contributed by atoms with Crippen molar-refractivity contribution in [2.75, 3.05) is 25.2 Å². The Kier molecular flexibility index (Phi) is 6.99. The van der Waals surface area contributed by atoms with E-state index in [9.17, 15) is 4.79 Å². The van der Waals surface area contributed by atoms with Gasteiger partial charge in [0, 0.05) is 10.5 Å². The fraction of sp³-hybridized carbons (Fsp3) is 0.278. The molecule has 6 heteroatoms. The van der Waals surface area contributed by atoms with Crippen molar-refractivity contribution in [1.82, 2.24) is 0 Å². The summed E-state index contributed by atoms with van der Waals surface area (Å²) in [7, 11) is 1.99. The van der Waals surface area contributed by atoms with Gasteiger partial charge in [-0.15, -0.1) is 11.8 Å². The van der Waals surface area contributed by atoms with Crippen LogP contribution in [0.15, 0.2) is 41.3 Å². The lowest BCUT2D eigenvalue weighted by atomic mass is 10.2. The summed E-state index contributed by atoms with van der Waals surface area (Å²) >= 11 is 14.1. The van der Waals surface area contributed by atoms with Gasteiger partial charge in [-0.2, -0.15) is 0 Å². The molecule has 2 aromatic rings. The van der Waals surface area contributed by atoms with E-state index in [4.69, 9.17) is 23.2 Å². The molecule has 0 aliphatic heterocycles. The van der Waals surface area contributed by atoms with Crippen molar-refractivity contribution in [3.63, 3.8) is 0 Å². The van der Waals surface area contributed by atoms with Crippen molar-refractivity contribution in [1.29, 1.82) is 0 Å². The van der Waals surface area contributed by atoms with E-state index in [1.165, 1.54) is 10.5 Å². The standard InChI is InChI=1S/C18H20Cl2N2OS/c1-12-4-9-15(19)18(17(12)20)21-16(23)11-22(2)10-13-5-7-14(24-3)8-6-13/h4-9H,10-11H2,1-3H3,(H,21,23)/p+1. The lowest BCUT2D eigenvalue weighted by Gasteiger charge is -2.15. The van der Waals surface area contributed by atoms with Gasteiger partial charge in [0.1, 0.15) is 6.54 Å². The molecule has 128 valence electrons. The maximum absolute atomic E-state index is 12.3. The van der Waals surface area contributed by atoms with Gasteiger partial charge in [-0.25, -0.2) is 0 Å². The van der Waals surface area contributed by atoms with E-state index in [1.807, 2.05) is 20.0 Å². The Bertz CT molecular complexity index is 720. The molecule has 2 N–H and O–H groups in total. The molecule has 0 aromatic heterocycles. The molecule has 1 unspecified atom stereocenters. The SMILES string of the molecule is CSc1ccc(C[NH+](C)CC(=O)Nc2c(Cl)ccc(C)c2Cl)cc1. The van der Waals surface area contributed by atoms with E-state index >= 15 is 0 Å². The molecule has 0 bridgehead atoms. The quantitative estimate of drug-likeness (QED) is 0.745. The van der Waals surface area contributed by atoms with E-state index < -0.39 is 0 Å². The van der Waals surface area contributed by atoms with Crippen LogP contribution in [-0.2, 0) is 11.3 Å². The van der Waals surface area contributed by atoms with Gasteiger partial charge in [0.05, 0.1) is 22.8 Å². The smallest absolute Gasteiger partial charge is 0.279 e. The van der Waals surface area contributed by atoms with Gasteiger partial charge in [-0.3, -0.25) is 4.79 Å². The number of carbonyl (C=O) groups excluding carboxylic acids is 1. The second-order valence-corrected chi connectivity index (χ2v) is 7.42. The van der Waals surface area contributed by atoms with Crippen LogP contribution in [0.1, 0.15) is 11.1 Å². The molecule has 0 spiro atoms. The zero-order valence-electron chi connectivity index (χ0n) is 14.0. The number of rotatable bonds is 6. The van der Waals surface area contributed by atoms with Crippen LogP contribution in [-0.4, -0.2) is 25.8 Å². The minimum absolute atomic E-state index is 0.109.